The minimum Gasteiger partial charge on any atom is -0.423 e. The Morgan fingerprint density at radius 3 is 1.46 bits per heavy atom. The first-order chi connectivity index (χ1) is 17.7. The smallest absolute Gasteiger partial charge is 0.338 e. The first kappa shape index (κ1) is 27.2. The summed E-state index contributed by atoms with van der Waals surface area (Å²) in [4.78, 5) is 23.9. The van der Waals surface area contributed by atoms with E-state index in [0.29, 0.717) is 28.0 Å². The maximum Gasteiger partial charge on any atom is 0.338 e. The lowest BCUT2D eigenvalue weighted by atomic mass is 9.60. The van der Waals surface area contributed by atoms with Crippen molar-refractivity contribution in [3.63, 3.8) is 0 Å². The van der Waals surface area contributed by atoms with Crippen molar-refractivity contribution in [1.29, 1.82) is 0 Å². The van der Waals surface area contributed by atoms with Crippen LogP contribution in [0.1, 0.15) is 76.3 Å². The van der Waals surface area contributed by atoms with E-state index in [1.165, 1.54) is 24.0 Å². The van der Waals surface area contributed by atoms with Crippen molar-refractivity contribution in [2.45, 2.75) is 76.0 Å². The zero-order valence-corrected chi connectivity index (χ0v) is 22.7. The lowest BCUT2D eigenvalue weighted by Crippen LogP contribution is -2.36. The largest absolute Gasteiger partial charge is 0.423 e. The predicted molar refractivity (Wildman–Crippen MR) is 148 cm³/mol. The molecular weight excluding hydrogens is 484 g/mol. The molecule has 2 saturated carbocycles. The number of esters is 2. The van der Waals surface area contributed by atoms with Crippen LogP contribution in [-0.4, -0.2) is 17.3 Å². The molecule has 0 bridgehead atoms. The fourth-order valence-electron chi connectivity index (χ4n) is 5.97. The predicted octanol–water partition coefficient (Wildman–Crippen LogP) is 7.92. The van der Waals surface area contributed by atoms with Crippen LogP contribution >= 0.6 is 11.6 Å². The lowest BCUT2D eigenvalue weighted by molar-refractivity contribution is -0.130. The molecule has 2 fully saturated rings. The average molecular weight is 521 g/mol. The third-order valence-corrected chi connectivity index (χ3v) is 8.62. The minimum absolute atomic E-state index is 0.159. The molecule has 0 amide bonds. The highest BCUT2D eigenvalue weighted by Gasteiger charge is 2.41. The Balaban J connectivity index is 1.58. The highest BCUT2D eigenvalue weighted by atomic mass is 35.5. The van der Waals surface area contributed by atoms with Crippen molar-refractivity contribution in [3.8, 4) is 11.5 Å². The number of rotatable bonds is 7. The normalized spacial score (nSPS) is 21.6. The summed E-state index contributed by atoms with van der Waals surface area (Å²) in [5.74, 6) is 1.68. The maximum absolute atomic E-state index is 12.0. The Kier molecular flexibility index (Phi) is 8.59. The summed E-state index contributed by atoms with van der Waals surface area (Å²) in [6, 6.07) is 15.8. The number of carbonyl (C=O) groups is 2. The van der Waals surface area contributed by atoms with E-state index in [9.17, 15) is 9.59 Å². The molecule has 4 rings (SSSR count). The molecule has 2 aliphatic carbocycles. The number of ether oxygens (including phenoxy) is 2. The molecule has 0 heterocycles. The zero-order chi connectivity index (χ0) is 26.6. The summed E-state index contributed by atoms with van der Waals surface area (Å²) in [5.41, 5.74) is 2.99. The summed E-state index contributed by atoms with van der Waals surface area (Å²) < 4.78 is 10.9. The third kappa shape index (κ3) is 6.35. The number of benzene rings is 2. The van der Waals surface area contributed by atoms with E-state index in [0.717, 1.165) is 50.4 Å². The topological polar surface area (TPSA) is 52.6 Å². The summed E-state index contributed by atoms with van der Waals surface area (Å²) in [6.07, 6.45) is 9.12. The highest BCUT2D eigenvalue weighted by molar-refractivity contribution is 6.20. The van der Waals surface area contributed by atoms with Gasteiger partial charge in [-0.3, -0.25) is 0 Å². The van der Waals surface area contributed by atoms with Crippen molar-refractivity contribution in [1.82, 2.24) is 0 Å². The van der Waals surface area contributed by atoms with E-state index in [-0.39, 0.29) is 5.41 Å². The summed E-state index contributed by atoms with van der Waals surface area (Å²) in [6.45, 7) is 10.6. The molecule has 0 spiro atoms. The zero-order valence-electron chi connectivity index (χ0n) is 21.9. The first-order valence-corrected chi connectivity index (χ1v) is 13.7. The molecule has 2 aromatic rings. The van der Waals surface area contributed by atoms with Gasteiger partial charge in [0.15, 0.2) is 0 Å². The fraction of sp³-hybridized carbons (Fsp3) is 0.438. The molecule has 0 aliphatic heterocycles. The van der Waals surface area contributed by atoms with E-state index < -0.39 is 11.9 Å². The van der Waals surface area contributed by atoms with Gasteiger partial charge < -0.3 is 9.47 Å². The number of alkyl halides is 1. The van der Waals surface area contributed by atoms with Gasteiger partial charge in [0.2, 0.25) is 0 Å². The fourth-order valence-corrected chi connectivity index (χ4v) is 6.22. The molecule has 37 heavy (non-hydrogen) atoms. The summed E-state index contributed by atoms with van der Waals surface area (Å²) in [7, 11) is 0. The molecule has 0 unspecified atom stereocenters. The van der Waals surface area contributed by atoms with Crippen LogP contribution < -0.4 is 9.47 Å². The summed E-state index contributed by atoms with van der Waals surface area (Å²) >= 11 is 6.38. The van der Waals surface area contributed by atoms with Crippen LogP contribution in [0, 0.1) is 11.8 Å². The average Bonchev–Trinajstić information content (AvgIpc) is 2.90. The second-order valence-corrected chi connectivity index (χ2v) is 11.4. The van der Waals surface area contributed by atoms with Gasteiger partial charge >= 0.3 is 11.9 Å². The van der Waals surface area contributed by atoms with Crippen molar-refractivity contribution in [2.75, 3.05) is 0 Å². The van der Waals surface area contributed by atoms with Crippen LogP contribution in [0.2, 0.25) is 0 Å². The van der Waals surface area contributed by atoms with Gasteiger partial charge in [-0.15, -0.1) is 11.6 Å². The Labute approximate surface area is 225 Å². The standard InChI is InChI=1S/C32H37ClO4/c1-21(2)30(34)36-28-13-7-25(8-14-28)32(26-9-15-29(16-10-26)37-31(35)22(3)4)19-17-24(18-20-32)23-5-11-27(33)12-6-23/h7-10,13-16,23-24,27H,1,3,5-6,11-12,17-20H2,2,4H3. The van der Waals surface area contributed by atoms with E-state index in [1.54, 1.807) is 13.8 Å². The van der Waals surface area contributed by atoms with E-state index >= 15 is 0 Å². The molecule has 5 heteroatoms. The maximum atomic E-state index is 12.0. The SMILES string of the molecule is C=C(C)C(=O)Oc1ccc(C2(c3ccc(OC(=O)C(=C)C)cc3)CCC(C3CCC(Cl)CC3)CC2)cc1. The van der Waals surface area contributed by atoms with Crippen LogP contribution in [0.5, 0.6) is 11.5 Å². The van der Waals surface area contributed by atoms with Gasteiger partial charge in [-0.25, -0.2) is 9.59 Å². The quantitative estimate of drug-likeness (QED) is 0.161. The summed E-state index contributed by atoms with van der Waals surface area (Å²) in [5, 5.41) is 0.342. The molecule has 2 aliphatic rings. The first-order valence-electron chi connectivity index (χ1n) is 13.3. The van der Waals surface area contributed by atoms with Crippen molar-refractivity contribution in [2.24, 2.45) is 11.8 Å². The molecule has 196 valence electrons. The van der Waals surface area contributed by atoms with E-state index in [1.807, 2.05) is 24.3 Å². The second kappa shape index (κ2) is 11.7. The second-order valence-electron chi connectivity index (χ2n) is 10.8. The molecule has 2 aromatic carbocycles. The van der Waals surface area contributed by atoms with Crippen molar-refractivity contribution in [3.05, 3.63) is 84.0 Å². The third-order valence-electron chi connectivity index (χ3n) is 8.18. The van der Waals surface area contributed by atoms with Gasteiger partial charge in [0, 0.05) is 21.9 Å². The van der Waals surface area contributed by atoms with Gasteiger partial charge in [0.05, 0.1) is 0 Å². The van der Waals surface area contributed by atoms with Gasteiger partial charge in [0.25, 0.3) is 0 Å². The number of hydrogen-bond donors (Lipinski definition) is 0. The van der Waals surface area contributed by atoms with Crippen LogP contribution in [0.4, 0.5) is 0 Å². The van der Waals surface area contributed by atoms with Gasteiger partial charge in [-0.2, -0.15) is 0 Å². The molecule has 0 aromatic heterocycles. The minimum atomic E-state index is -0.422. The van der Waals surface area contributed by atoms with Crippen LogP contribution in [-0.2, 0) is 15.0 Å². The lowest BCUT2D eigenvalue weighted by Gasteiger charge is -2.44. The Morgan fingerprint density at radius 2 is 1.08 bits per heavy atom. The Hall–Kier alpha value is -2.85. The monoisotopic (exact) mass is 520 g/mol. The molecular formula is C32H37ClO4. The van der Waals surface area contributed by atoms with Crippen molar-refractivity contribution < 1.29 is 19.1 Å². The van der Waals surface area contributed by atoms with Gasteiger partial charge in [-0.05, 0) is 112 Å². The molecule has 0 saturated heterocycles. The molecule has 0 N–H and O–H groups in total. The van der Waals surface area contributed by atoms with Crippen LogP contribution in [0.15, 0.2) is 72.8 Å². The van der Waals surface area contributed by atoms with Gasteiger partial charge in [0.1, 0.15) is 11.5 Å². The number of hydrogen-bond acceptors (Lipinski definition) is 4. The van der Waals surface area contributed by atoms with Crippen molar-refractivity contribution >= 4 is 23.5 Å². The number of carbonyl (C=O) groups excluding carboxylic acids is 2. The Bertz CT molecular complexity index is 1060. The van der Waals surface area contributed by atoms with E-state index in [4.69, 9.17) is 21.1 Å². The van der Waals surface area contributed by atoms with Gasteiger partial charge in [-0.1, -0.05) is 37.4 Å². The molecule has 0 radical (unpaired) electrons. The van der Waals surface area contributed by atoms with E-state index in [2.05, 4.69) is 37.4 Å². The highest BCUT2D eigenvalue weighted by Crippen LogP contribution is 2.50. The molecule has 0 atom stereocenters. The van der Waals surface area contributed by atoms with Crippen LogP contribution in [0.3, 0.4) is 0 Å². The van der Waals surface area contributed by atoms with Crippen LogP contribution in [0.25, 0.3) is 0 Å². The number of halogens is 1. The Morgan fingerprint density at radius 1 is 0.703 bits per heavy atom. The molecule has 4 nitrogen and oxygen atoms in total.